The zero-order valence-corrected chi connectivity index (χ0v) is 15.6. The average Bonchev–Trinajstić information content (AvgIpc) is 2.55. The van der Waals surface area contributed by atoms with Gasteiger partial charge in [0, 0.05) is 31.1 Å². The van der Waals surface area contributed by atoms with E-state index in [1.807, 2.05) is 25.1 Å². The molecule has 0 saturated carbocycles. The van der Waals surface area contributed by atoms with Crippen molar-refractivity contribution in [1.29, 1.82) is 0 Å². The number of morpholine rings is 1. The third-order valence-electron chi connectivity index (χ3n) is 4.03. The first-order valence-electron chi connectivity index (χ1n) is 8.42. The second kappa shape index (κ2) is 10.5. The van der Waals surface area contributed by atoms with Gasteiger partial charge in [0.1, 0.15) is 5.75 Å². The Kier molecular flexibility index (Phi) is 9.11. The van der Waals surface area contributed by atoms with Crippen LogP contribution < -0.4 is 15.4 Å². The lowest BCUT2D eigenvalue weighted by Gasteiger charge is -2.23. The predicted octanol–water partition coefficient (Wildman–Crippen LogP) is 2.59. The van der Waals surface area contributed by atoms with Gasteiger partial charge in [-0.25, -0.2) is 0 Å². The first kappa shape index (κ1) is 20.7. The maximum Gasteiger partial charge on any atom is 0.221 e. The Morgan fingerprint density at radius 1 is 1.50 bits per heavy atom. The van der Waals surface area contributed by atoms with E-state index in [0.29, 0.717) is 19.6 Å². The van der Waals surface area contributed by atoms with Crippen LogP contribution in [0.25, 0.3) is 0 Å². The first-order chi connectivity index (χ1) is 11.1. The van der Waals surface area contributed by atoms with Crippen molar-refractivity contribution in [3.8, 4) is 5.75 Å². The normalized spacial score (nSPS) is 18.4. The van der Waals surface area contributed by atoms with Gasteiger partial charge in [0.25, 0.3) is 0 Å². The van der Waals surface area contributed by atoms with Gasteiger partial charge in [-0.05, 0) is 31.9 Å². The first-order valence-corrected chi connectivity index (χ1v) is 8.42. The monoisotopic (exact) mass is 356 g/mol. The number of ether oxygens (including phenoxy) is 2. The number of amides is 1. The fourth-order valence-electron chi connectivity index (χ4n) is 2.46. The van der Waals surface area contributed by atoms with Crippen LogP contribution in [0.4, 0.5) is 0 Å². The van der Waals surface area contributed by atoms with Gasteiger partial charge < -0.3 is 20.1 Å². The Labute approximate surface area is 150 Å². The molecular weight excluding hydrogens is 328 g/mol. The summed E-state index contributed by atoms with van der Waals surface area (Å²) >= 11 is 0. The summed E-state index contributed by atoms with van der Waals surface area (Å²) in [6.07, 6.45) is 1.55. The van der Waals surface area contributed by atoms with Crippen LogP contribution in [-0.2, 0) is 16.1 Å². The average molecular weight is 357 g/mol. The highest BCUT2D eigenvalue weighted by Gasteiger charge is 2.17. The Hall–Kier alpha value is -1.30. The third-order valence-corrected chi connectivity index (χ3v) is 4.03. The molecule has 0 aliphatic carbocycles. The minimum atomic E-state index is 0. The van der Waals surface area contributed by atoms with Crippen molar-refractivity contribution in [3.05, 3.63) is 29.3 Å². The number of halogens is 1. The highest BCUT2D eigenvalue weighted by molar-refractivity contribution is 5.85. The number of carbonyl (C=O) groups is 1. The molecule has 24 heavy (non-hydrogen) atoms. The molecule has 6 heteroatoms. The lowest BCUT2D eigenvalue weighted by Crippen LogP contribution is -2.44. The maximum absolute atomic E-state index is 12.1. The van der Waals surface area contributed by atoms with E-state index in [1.54, 1.807) is 0 Å². The van der Waals surface area contributed by atoms with Gasteiger partial charge >= 0.3 is 0 Å². The van der Waals surface area contributed by atoms with E-state index in [-0.39, 0.29) is 30.5 Å². The molecule has 136 valence electrons. The van der Waals surface area contributed by atoms with Gasteiger partial charge in [0.15, 0.2) is 0 Å². The van der Waals surface area contributed by atoms with Crippen molar-refractivity contribution in [3.63, 3.8) is 0 Å². The Bertz CT molecular complexity index is 519. The van der Waals surface area contributed by atoms with Gasteiger partial charge in [0.05, 0.1) is 19.3 Å². The second-order valence-electron chi connectivity index (χ2n) is 6.15. The molecule has 1 fully saturated rings. The van der Waals surface area contributed by atoms with Crippen molar-refractivity contribution in [2.75, 3.05) is 19.8 Å². The van der Waals surface area contributed by atoms with Gasteiger partial charge in [-0.1, -0.05) is 19.1 Å². The van der Waals surface area contributed by atoms with Gasteiger partial charge in [-0.3, -0.25) is 4.79 Å². The summed E-state index contributed by atoms with van der Waals surface area (Å²) in [5.74, 6) is 0.891. The Morgan fingerprint density at radius 2 is 2.29 bits per heavy atom. The number of benzene rings is 1. The van der Waals surface area contributed by atoms with Crippen molar-refractivity contribution in [1.82, 2.24) is 10.6 Å². The summed E-state index contributed by atoms with van der Waals surface area (Å²) in [6.45, 7) is 8.81. The summed E-state index contributed by atoms with van der Waals surface area (Å²) in [7, 11) is 0. The van der Waals surface area contributed by atoms with E-state index in [4.69, 9.17) is 9.47 Å². The lowest BCUT2D eigenvalue weighted by molar-refractivity contribution is -0.122. The smallest absolute Gasteiger partial charge is 0.221 e. The highest BCUT2D eigenvalue weighted by atomic mass is 35.5. The van der Waals surface area contributed by atoms with E-state index in [2.05, 4.69) is 24.5 Å². The van der Waals surface area contributed by atoms with Gasteiger partial charge in [-0.2, -0.15) is 0 Å². The fourth-order valence-corrected chi connectivity index (χ4v) is 2.46. The van der Waals surface area contributed by atoms with Crippen LogP contribution in [0.15, 0.2) is 18.2 Å². The molecule has 1 aliphatic heterocycles. The molecule has 0 spiro atoms. The SMILES string of the molecule is CCC(C)Oc1cc(C)ccc1CNC(=O)CC1COCCN1.Cl. The molecule has 1 amide bonds. The predicted molar refractivity (Wildman–Crippen MR) is 97.9 cm³/mol. The van der Waals surface area contributed by atoms with E-state index < -0.39 is 0 Å². The summed E-state index contributed by atoms with van der Waals surface area (Å²) in [4.78, 5) is 12.1. The second-order valence-corrected chi connectivity index (χ2v) is 6.15. The molecule has 1 aromatic rings. The minimum Gasteiger partial charge on any atom is -0.490 e. The number of hydrogen-bond acceptors (Lipinski definition) is 4. The molecule has 0 aromatic heterocycles. The van der Waals surface area contributed by atoms with Crippen LogP contribution >= 0.6 is 12.4 Å². The molecule has 0 radical (unpaired) electrons. The molecule has 1 heterocycles. The Balaban J connectivity index is 0.00000288. The van der Waals surface area contributed by atoms with Crippen molar-refractivity contribution >= 4 is 18.3 Å². The molecule has 1 aromatic carbocycles. The molecule has 1 saturated heterocycles. The molecular formula is C18H29ClN2O3. The molecule has 1 aliphatic rings. The highest BCUT2D eigenvalue weighted by Crippen LogP contribution is 2.22. The van der Waals surface area contributed by atoms with E-state index in [9.17, 15) is 4.79 Å². The van der Waals surface area contributed by atoms with Crippen molar-refractivity contribution < 1.29 is 14.3 Å². The molecule has 2 unspecified atom stereocenters. The minimum absolute atomic E-state index is 0. The fraction of sp³-hybridized carbons (Fsp3) is 0.611. The molecule has 2 N–H and O–H groups in total. The van der Waals surface area contributed by atoms with Crippen LogP contribution in [0.2, 0.25) is 0 Å². The number of hydrogen-bond donors (Lipinski definition) is 2. The van der Waals surface area contributed by atoms with Gasteiger partial charge in [0.2, 0.25) is 5.91 Å². The van der Waals surface area contributed by atoms with E-state index >= 15 is 0 Å². The van der Waals surface area contributed by atoms with Crippen LogP contribution in [0.1, 0.15) is 37.8 Å². The van der Waals surface area contributed by atoms with E-state index in [1.165, 1.54) is 0 Å². The van der Waals surface area contributed by atoms with Crippen LogP contribution in [-0.4, -0.2) is 37.8 Å². The summed E-state index contributed by atoms with van der Waals surface area (Å²) < 4.78 is 11.3. The maximum atomic E-state index is 12.1. The Morgan fingerprint density at radius 3 is 2.96 bits per heavy atom. The summed E-state index contributed by atoms with van der Waals surface area (Å²) in [6, 6.07) is 6.21. The van der Waals surface area contributed by atoms with Crippen LogP contribution in [0.3, 0.4) is 0 Å². The number of aryl methyl sites for hydroxylation is 1. The van der Waals surface area contributed by atoms with Crippen LogP contribution in [0.5, 0.6) is 5.75 Å². The molecule has 2 rings (SSSR count). The summed E-state index contributed by atoms with van der Waals surface area (Å²) in [5, 5.41) is 6.27. The molecule has 5 nitrogen and oxygen atoms in total. The third kappa shape index (κ3) is 6.67. The summed E-state index contributed by atoms with van der Waals surface area (Å²) in [5.41, 5.74) is 2.17. The van der Waals surface area contributed by atoms with Crippen molar-refractivity contribution in [2.24, 2.45) is 0 Å². The number of nitrogens with one attached hydrogen (secondary N) is 2. The zero-order valence-electron chi connectivity index (χ0n) is 14.8. The van der Waals surface area contributed by atoms with Gasteiger partial charge in [-0.15, -0.1) is 12.4 Å². The van der Waals surface area contributed by atoms with Crippen LogP contribution in [0, 0.1) is 6.92 Å². The number of carbonyl (C=O) groups excluding carboxylic acids is 1. The van der Waals surface area contributed by atoms with Crippen molar-refractivity contribution in [2.45, 2.75) is 52.3 Å². The standard InChI is InChI=1S/C18H28N2O3.ClH/c1-4-14(3)23-17-9-13(2)5-6-15(17)11-20-18(21)10-16-12-22-8-7-19-16;/h5-6,9,14,16,19H,4,7-8,10-12H2,1-3H3,(H,20,21);1H. The zero-order chi connectivity index (χ0) is 16.7. The molecule has 2 atom stereocenters. The topological polar surface area (TPSA) is 59.6 Å². The van der Waals surface area contributed by atoms with E-state index in [0.717, 1.165) is 36.4 Å². The lowest BCUT2D eigenvalue weighted by atomic mass is 10.1. The number of rotatable bonds is 7. The largest absolute Gasteiger partial charge is 0.490 e. The quantitative estimate of drug-likeness (QED) is 0.788. The molecule has 0 bridgehead atoms.